The van der Waals surface area contributed by atoms with Gasteiger partial charge in [-0.2, -0.15) is 0 Å². The molecule has 0 unspecified atom stereocenters. The van der Waals surface area contributed by atoms with Gasteiger partial charge in [0, 0.05) is 5.56 Å². The molecule has 1 aromatic rings. The number of rotatable bonds is 2. The van der Waals surface area contributed by atoms with Crippen LogP contribution in [0.4, 0.5) is 0 Å². The molecule has 0 amide bonds. The molecule has 0 atom stereocenters. The number of nitrogens with zero attached hydrogens (tertiary/aromatic N) is 1. The molecule has 2 nitrogen and oxygen atoms in total. The molecule has 0 saturated heterocycles. The number of benzene rings is 1. The first-order valence-corrected chi connectivity index (χ1v) is 4.66. The summed E-state index contributed by atoms with van der Waals surface area (Å²) in [5.74, 6) is 0.686. The highest BCUT2D eigenvalue weighted by Crippen LogP contribution is 2.23. The molecular formula is C11H14N2. The lowest BCUT2D eigenvalue weighted by Gasteiger charge is -2.01. The Hall–Kier alpha value is -1.31. The van der Waals surface area contributed by atoms with Crippen molar-refractivity contribution in [2.75, 3.05) is 0 Å². The van der Waals surface area contributed by atoms with Crippen LogP contribution < -0.4 is 5.73 Å². The van der Waals surface area contributed by atoms with E-state index in [-0.39, 0.29) is 0 Å². The van der Waals surface area contributed by atoms with Gasteiger partial charge in [-0.05, 0) is 25.8 Å². The smallest absolute Gasteiger partial charge is 0.125 e. The summed E-state index contributed by atoms with van der Waals surface area (Å²) in [6.07, 6.45) is 2.40. The van der Waals surface area contributed by atoms with Crippen molar-refractivity contribution in [1.82, 2.24) is 0 Å². The van der Waals surface area contributed by atoms with Crippen LogP contribution >= 0.6 is 0 Å². The predicted molar refractivity (Wildman–Crippen MR) is 54.9 cm³/mol. The monoisotopic (exact) mass is 174 g/mol. The number of nitrogens with two attached hydrogens (primary N) is 1. The molecule has 1 fully saturated rings. The summed E-state index contributed by atoms with van der Waals surface area (Å²) >= 11 is 0. The normalized spacial score (nSPS) is 17.5. The fourth-order valence-corrected chi connectivity index (χ4v) is 1.28. The van der Waals surface area contributed by atoms with Crippen LogP contribution in [0.3, 0.4) is 0 Å². The Morgan fingerprint density at radius 2 is 2.23 bits per heavy atom. The van der Waals surface area contributed by atoms with Crippen molar-refractivity contribution in [2.24, 2.45) is 10.7 Å². The van der Waals surface area contributed by atoms with E-state index in [0.717, 1.165) is 5.56 Å². The van der Waals surface area contributed by atoms with Crippen LogP contribution in [0.25, 0.3) is 0 Å². The quantitative estimate of drug-likeness (QED) is 0.539. The average Bonchev–Trinajstić information content (AvgIpc) is 2.88. The molecule has 1 aromatic carbocycles. The Morgan fingerprint density at radius 3 is 2.85 bits per heavy atom. The Kier molecular flexibility index (Phi) is 2.05. The van der Waals surface area contributed by atoms with Crippen LogP contribution in [0.1, 0.15) is 24.0 Å². The first kappa shape index (κ1) is 8.30. The molecule has 1 aliphatic rings. The molecule has 1 saturated carbocycles. The van der Waals surface area contributed by atoms with Crippen molar-refractivity contribution < 1.29 is 0 Å². The van der Waals surface area contributed by atoms with E-state index in [9.17, 15) is 0 Å². The van der Waals surface area contributed by atoms with Gasteiger partial charge in [-0.15, -0.1) is 0 Å². The van der Waals surface area contributed by atoms with E-state index in [1.165, 1.54) is 18.4 Å². The fourth-order valence-electron chi connectivity index (χ4n) is 1.28. The molecule has 0 heterocycles. The lowest BCUT2D eigenvalue weighted by atomic mass is 10.1. The third kappa shape index (κ3) is 2.08. The Morgan fingerprint density at radius 1 is 1.46 bits per heavy atom. The molecule has 0 aliphatic heterocycles. The zero-order valence-corrected chi connectivity index (χ0v) is 7.83. The molecule has 0 spiro atoms. The number of aliphatic imine (C=N–C) groups is 1. The van der Waals surface area contributed by atoms with E-state index in [4.69, 9.17) is 5.73 Å². The summed E-state index contributed by atoms with van der Waals surface area (Å²) in [7, 11) is 0. The van der Waals surface area contributed by atoms with Gasteiger partial charge >= 0.3 is 0 Å². The van der Waals surface area contributed by atoms with Crippen molar-refractivity contribution >= 4 is 5.84 Å². The second-order valence-corrected chi connectivity index (χ2v) is 3.61. The maximum atomic E-state index is 5.85. The second kappa shape index (κ2) is 3.21. The van der Waals surface area contributed by atoms with Crippen LogP contribution in [-0.4, -0.2) is 11.9 Å². The maximum Gasteiger partial charge on any atom is 0.125 e. The van der Waals surface area contributed by atoms with Gasteiger partial charge in [-0.1, -0.05) is 23.8 Å². The second-order valence-electron chi connectivity index (χ2n) is 3.61. The van der Waals surface area contributed by atoms with Gasteiger partial charge in [-0.3, -0.25) is 4.99 Å². The molecule has 13 heavy (non-hydrogen) atoms. The molecule has 1 aliphatic carbocycles. The SMILES string of the molecule is Cc1cccc(C(N)=NC2CC2)c1. The van der Waals surface area contributed by atoms with Gasteiger partial charge in [0.2, 0.25) is 0 Å². The summed E-state index contributed by atoms with van der Waals surface area (Å²) < 4.78 is 0. The van der Waals surface area contributed by atoms with Crippen LogP contribution in [-0.2, 0) is 0 Å². The molecule has 68 valence electrons. The highest BCUT2D eigenvalue weighted by atomic mass is 14.9. The van der Waals surface area contributed by atoms with E-state index >= 15 is 0 Å². The third-order valence-corrected chi connectivity index (χ3v) is 2.18. The minimum Gasteiger partial charge on any atom is -0.383 e. The van der Waals surface area contributed by atoms with E-state index < -0.39 is 0 Å². The highest BCUT2D eigenvalue weighted by Gasteiger charge is 2.20. The first-order valence-electron chi connectivity index (χ1n) is 4.66. The minimum absolute atomic E-state index is 0.500. The summed E-state index contributed by atoms with van der Waals surface area (Å²) in [6.45, 7) is 2.06. The molecule has 2 N–H and O–H groups in total. The lowest BCUT2D eigenvalue weighted by Crippen LogP contribution is -2.14. The van der Waals surface area contributed by atoms with Gasteiger partial charge in [0.05, 0.1) is 6.04 Å². The fraction of sp³-hybridized carbons (Fsp3) is 0.364. The Balaban J connectivity index is 2.23. The van der Waals surface area contributed by atoms with Crippen molar-refractivity contribution in [3.05, 3.63) is 35.4 Å². The van der Waals surface area contributed by atoms with E-state index in [2.05, 4.69) is 24.0 Å². The zero-order chi connectivity index (χ0) is 9.26. The topological polar surface area (TPSA) is 38.4 Å². The summed E-state index contributed by atoms with van der Waals surface area (Å²) in [5, 5.41) is 0. The van der Waals surface area contributed by atoms with Gasteiger partial charge in [0.15, 0.2) is 0 Å². The number of aryl methyl sites for hydroxylation is 1. The third-order valence-electron chi connectivity index (χ3n) is 2.18. The molecule has 2 heteroatoms. The molecule has 2 rings (SSSR count). The largest absolute Gasteiger partial charge is 0.383 e. The number of hydrogen-bond acceptors (Lipinski definition) is 1. The zero-order valence-electron chi connectivity index (χ0n) is 7.83. The highest BCUT2D eigenvalue weighted by molar-refractivity contribution is 5.97. The standard InChI is InChI=1S/C11H14N2/c1-8-3-2-4-9(7-8)11(12)13-10-5-6-10/h2-4,7,10H,5-6H2,1H3,(H2,12,13). The van der Waals surface area contributed by atoms with Gasteiger partial charge in [0.1, 0.15) is 5.84 Å². The van der Waals surface area contributed by atoms with Gasteiger partial charge < -0.3 is 5.73 Å². The van der Waals surface area contributed by atoms with Crippen LogP contribution in [0.2, 0.25) is 0 Å². The summed E-state index contributed by atoms with van der Waals surface area (Å²) in [4.78, 5) is 4.39. The lowest BCUT2D eigenvalue weighted by molar-refractivity contribution is 1.06. The molecular weight excluding hydrogens is 160 g/mol. The van der Waals surface area contributed by atoms with E-state index in [1.807, 2.05) is 12.1 Å². The van der Waals surface area contributed by atoms with Crippen molar-refractivity contribution in [2.45, 2.75) is 25.8 Å². The number of hydrogen-bond donors (Lipinski definition) is 1. The van der Waals surface area contributed by atoms with Gasteiger partial charge in [-0.25, -0.2) is 0 Å². The van der Waals surface area contributed by atoms with E-state index in [0.29, 0.717) is 11.9 Å². The molecule has 0 radical (unpaired) electrons. The van der Waals surface area contributed by atoms with E-state index in [1.54, 1.807) is 0 Å². The van der Waals surface area contributed by atoms with Gasteiger partial charge in [0.25, 0.3) is 0 Å². The predicted octanol–water partition coefficient (Wildman–Crippen LogP) is 1.86. The average molecular weight is 174 g/mol. The number of amidine groups is 1. The first-order chi connectivity index (χ1) is 6.25. The molecule has 0 bridgehead atoms. The van der Waals surface area contributed by atoms with Crippen LogP contribution in [0, 0.1) is 6.92 Å². The molecule has 0 aromatic heterocycles. The summed E-state index contributed by atoms with van der Waals surface area (Å²) in [5.41, 5.74) is 8.13. The van der Waals surface area contributed by atoms with Crippen molar-refractivity contribution in [1.29, 1.82) is 0 Å². The Bertz CT molecular complexity index is 338. The Labute approximate surface area is 78.5 Å². The maximum absolute atomic E-state index is 5.85. The van der Waals surface area contributed by atoms with Crippen molar-refractivity contribution in [3.8, 4) is 0 Å². The van der Waals surface area contributed by atoms with Crippen LogP contribution in [0.15, 0.2) is 29.3 Å². The summed E-state index contributed by atoms with van der Waals surface area (Å²) in [6, 6.07) is 8.66. The van der Waals surface area contributed by atoms with Crippen molar-refractivity contribution in [3.63, 3.8) is 0 Å². The van der Waals surface area contributed by atoms with Crippen LogP contribution in [0.5, 0.6) is 0 Å². The minimum atomic E-state index is 0.500.